The van der Waals surface area contributed by atoms with Gasteiger partial charge in [-0.3, -0.25) is 0 Å². The molecule has 0 spiro atoms. The summed E-state index contributed by atoms with van der Waals surface area (Å²) >= 11 is 5.92. The van der Waals surface area contributed by atoms with Crippen LogP contribution in [-0.4, -0.2) is 14.2 Å². The van der Waals surface area contributed by atoms with Gasteiger partial charge >= 0.3 is 0 Å². The molecule has 72 valence electrons. The first-order chi connectivity index (χ1) is 6.24. The lowest BCUT2D eigenvalue weighted by molar-refractivity contribution is 0.352. The molecule has 13 heavy (non-hydrogen) atoms. The lowest BCUT2D eigenvalue weighted by Crippen LogP contribution is -2.02. The zero-order valence-corrected chi connectivity index (χ0v) is 8.39. The highest BCUT2D eigenvalue weighted by Gasteiger charge is 2.11. The predicted molar refractivity (Wildman–Crippen MR) is 52.4 cm³/mol. The topological polar surface area (TPSA) is 44.5 Å². The van der Waals surface area contributed by atoms with Crippen molar-refractivity contribution in [3.63, 3.8) is 0 Å². The van der Waals surface area contributed by atoms with Gasteiger partial charge in [0, 0.05) is 17.1 Å². The highest BCUT2D eigenvalue weighted by molar-refractivity contribution is 6.31. The zero-order valence-electron chi connectivity index (χ0n) is 7.63. The van der Waals surface area contributed by atoms with Gasteiger partial charge in [0.15, 0.2) is 11.5 Å². The smallest absolute Gasteiger partial charge is 0.166 e. The van der Waals surface area contributed by atoms with Crippen molar-refractivity contribution in [1.82, 2.24) is 0 Å². The van der Waals surface area contributed by atoms with Crippen LogP contribution in [0.2, 0.25) is 5.02 Å². The van der Waals surface area contributed by atoms with Gasteiger partial charge in [-0.2, -0.15) is 0 Å². The minimum absolute atomic E-state index is 0.333. The van der Waals surface area contributed by atoms with Gasteiger partial charge in [0.05, 0.1) is 14.2 Å². The molecule has 0 aliphatic heterocycles. The molecule has 0 unspecified atom stereocenters. The van der Waals surface area contributed by atoms with Crippen LogP contribution in [0.1, 0.15) is 5.56 Å². The third-order valence-electron chi connectivity index (χ3n) is 1.80. The van der Waals surface area contributed by atoms with Crippen molar-refractivity contribution in [1.29, 1.82) is 0 Å². The Hall–Kier alpha value is -0.930. The van der Waals surface area contributed by atoms with Crippen LogP contribution in [0.15, 0.2) is 12.1 Å². The molecule has 0 atom stereocenters. The Kier molecular flexibility index (Phi) is 3.39. The lowest BCUT2D eigenvalue weighted by Gasteiger charge is -2.12. The molecule has 0 saturated heterocycles. The number of methoxy groups -OCH3 is 2. The van der Waals surface area contributed by atoms with E-state index in [0.717, 1.165) is 5.56 Å². The maximum absolute atomic E-state index is 5.92. The normalized spacial score (nSPS) is 9.85. The number of benzene rings is 1. The predicted octanol–water partition coefficient (Wildman–Crippen LogP) is 1.82. The number of nitrogens with two attached hydrogens (primary N) is 1. The van der Waals surface area contributed by atoms with E-state index in [-0.39, 0.29) is 0 Å². The first kappa shape index (κ1) is 10.2. The summed E-state index contributed by atoms with van der Waals surface area (Å²) in [5.41, 5.74) is 6.30. The maximum atomic E-state index is 5.92. The van der Waals surface area contributed by atoms with Crippen LogP contribution < -0.4 is 15.2 Å². The van der Waals surface area contributed by atoms with Crippen molar-refractivity contribution in [2.24, 2.45) is 5.73 Å². The molecule has 1 aromatic rings. The van der Waals surface area contributed by atoms with E-state index in [4.69, 9.17) is 26.8 Å². The summed E-state index contributed by atoms with van der Waals surface area (Å²) in [4.78, 5) is 0. The zero-order chi connectivity index (χ0) is 9.84. The second kappa shape index (κ2) is 4.35. The minimum atomic E-state index is 0.333. The molecule has 0 heterocycles. The Morgan fingerprint density at radius 2 is 2.00 bits per heavy atom. The van der Waals surface area contributed by atoms with Gasteiger partial charge < -0.3 is 15.2 Å². The van der Waals surface area contributed by atoms with Gasteiger partial charge in [0.25, 0.3) is 0 Å². The average molecular weight is 202 g/mol. The van der Waals surface area contributed by atoms with Crippen LogP contribution in [0.5, 0.6) is 11.5 Å². The Morgan fingerprint density at radius 1 is 1.31 bits per heavy atom. The van der Waals surface area contributed by atoms with E-state index in [2.05, 4.69) is 0 Å². The lowest BCUT2D eigenvalue weighted by atomic mass is 10.2. The van der Waals surface area contributed by atoms with Gasteiger partial charge in [0.2, 0.25) is 0 Å². The summed E-state index contributed by atoms with van der Waals surface area (Å²) in [6.45, 7) is 0.333. The molecule has 0 aliphatic rings. The first-order valence-electron chi connectivity index (χ1n) is 3.84. The Morgan fingerprint density at radius 3 is 2.46 bits per heavy atom. The van der Waals surface area contributed by atoms with Crippen LogP contribution >= 0.6 is 11.6 Å². The fourth-order valence-corrected chi connectivity index (χ4v) is 1.38. The van der Waals surface area contributed by atoms with Crippen LogP contribution in [0.4, 0.5) is 0 Å². The van der Waals surface area contributed by atoms with Crippen molar-refractivity contribution < 1.29 is 9.47 Å². The van der Waals surface area contributed by atoms with Gasteiger partial charge in [-0.1, -0.05) is 11.6 Å². The Balaban J connectivity index is 3.27. The molecule has 0 bridgehead atoms. The van der Waals surface area contributed by atoms with Crippen molar-refractivity contribution in [2.45, 2.75) is 6.54 Å². The molecule has 1 rings (SSSR count). The van der Waals surface area contributed by atoms with E-state index >= 15 is 0 Å². The van der Waals surface area contributed by atoms with E-state index in [1.165, 1.54) is 0 Å². The Labute approximate surface area is 82.4 Å². The average Bonchev–Trinajstić information content (AvgIpc) is 2.17. The molecular formula is C9H12ClNO2. The monoisotopic (exact) mass is 201 g/mol. The molecule has 0 fully saturated rings. The maximum Gasteiger partial charge on any atom is 0.166 e. The summed E-state index contributed by atoms with van der Waals surface area (Å²) in [7, 11) is 3.14. The summed E-state index contributed by atoms with van der Waals surface area (Å²) in [5, 5.41) is 0.597. The van der Waals surface area contributed by atoms with Crippen molar-refractivity contribution in [3.05, 3.63) is 22.7 Å². The fourth-order valence-electron chi connectivity index (χ4n) is 1.16. The fraction of sp³-hybridized carbons (Fsp3) is 0.333. The van der Waals surface area contributed by atoms with Crippen molar-refractivity contribution >= 4 is 11.6 Å². The number of hydrogen-bond acceptors (Lipinski definition) is 3. The highest BCUT2D eigenvalue weighted by atomic mass is 35.5. The molecule has 0 aliphatic carbocycles. The summed E-state index contributed by atoms with van der Waals surface area (Å²) in [6.07, 6.45) is 0. The van der Waals surface area contributed by atoms with E-state index in [0.29, 0.717) is 23.1 Å². The third kappa shape index (κ3) is 1.87. The Bertz CT molecular complexity index is 302. The summed E-state index contributed by atoms with van der Waals surface area (Å²) in [6, 6.07) is 3.49. The molecular weight excluding hydrogens is 190 g/mol. The second-order valence-electron chi connectivity index (χ2n) is 2.47. The highest BCUT2D eigenvalue weighted by Crippen LogP contribution is 2.35. The largest absolute Gasteiger partial charge is 0.493 e. The number of rotatable bonds is 3. The van der Waals surface area contributed by atoms with Gasteiger partial charge in [0.1, 0.15) is 0 Å². The van der Waals surface area contributed by atoms with Crippen LogP contribution in [-0.2, 0) is 6.54 Å². The van der Waals surface area contributed by atoms with Crippen molar-refractivity contribution in [2.75, 3.05) is 14.2 Å². The quantitative estimate of drug-likeness (QED) is 0.812. The summed E-state index contributed by atoms with van der Waals surface area (Å²) in [5.74, 6) is 1.25. The van der Waals surface area contributed by atoms with Gasteiger partial charge in [-0.25, -0.2) is 0 Å². The standard InChI is InChI=1S/C9H12ClNO2/c1-12-8-4-3-7(10)6(5-11)9(8)13-2/h3-4H,5,11H2,1-2H3. The van der Waals surface area contributed by atoms with Crippen LogP contribution in [0, 0.1) is 0 Å². The SMILES string of the molecule is COc1ccc(Cl)c(CN)c1OC. The second-order valence-corrected chi connectivity index (χ2v) is 2.87. The first-order valence-corrected chi connectivity index (χ1v) is 4.21. The molecule has 0 amide bonds. The third-order valence-corrected chi connectivity index (χ3v) is 2.15. The minimum Gasteiger partial charge on any atom is -0.493 e. The van der Waals surface area contributed by atoms with Gasteiger partial charge in [-0.05, 0) is 12.1 Å². The van der Waals surface area contributed by atoms with E-state index in [1.54, 1.807) is 26.4 Å². The van der Waals surface area contributed by atoms with Crippen molar-refractivity contribution in [3.8, 4) is 11.5 Å². The number of ether oxygens (including phenoxy) is 2. The molecule has 3 nitrogen and oxygen atoms in total. The summed E-state index contributed by atoms with van der Waals surface area (Å²) < 4.78 is 10.2. The number of halogens is 1. The van der Waals surface area contributed by atoms with Crippen LogP contribution in [0.25, 0.3) is 0 Å². The molecule has 4 heteroatoms. The molecule has 0 radical (unpaired) electrons. The van der Waals surface area contributed by atoms with E-state index in [1.807, 2.05) is 0 Å². The molecule has 0 aromatic heterocycles. The molecule has 2 N–H and O–H groups in total. The van der Waals surface area contributed by atoms with E-state index < -0.39 is 0 Å². The molecule has 1 aromatic carbocycles. The molecule has 0 saturated carbocycles. The van der Waals surface area contributed by atoms with Crippen LogP contribution in [0.3, 0.4) is 0 Å². The number of hydrogen-bond donors (Lipinski definition) is 1. The van der Waals surface area contributed by atoms with E-state index in [9.17, 15) is 0 Å². The van der Waals surface area contributed by atoms with Gasteiger partial charge in [-0.15, -0.1) is 0 Å².